The summed E-state index contributed by atoms with van der Waals surface area (Å²) in [5.74, 6) is 0. The molecule has 1 aromatic rings. The van der Waals surface area contributed by atoms with Gasteiger partial charge in [-0.2, -0.15) is 0 Å². The Hall–Kier alpha value is -1.51. The van der Waals surface area contributed by atoms with Crippen LogP contribution >= 0.6 is 0 Å². The van der Waals surface area contributed by atoms with Gasteiger partial charge in [0.05, 0.1) is 12.6 Å². The molecule has 0 bridgehead atoms. The van der Waals surface area contributed by atoms with Crippen molar-refractivity contribution in [1.29, 1.82) is 0 Å². The van der Waals surface area contributed by atoms with E-state index in [4.69, 9.17) is 5.53 Å². The first-order valence-corrected chi connectivity index (χ1v) is 5.24. The number of benzene rings is 1. The third-order valence-corrected chi connectivity index (χ3v) is 2.48. The highest BCUT2D eigenvalue weighted by Gasteiger charge is 2.14. The molecule has 16 heavy (non-hydrogen) atoms. The van der Waals surface area contributed by atoms with Gasteiger partial charge in [0, 0.05) is 4.91 Å². The van der Waals surface area contributed by atoms with Crippen molar-refractivity contribution in [1.82, 2.24) is 0 Å². The van der Waals surface area contributed by atoms with Crippen LogP contribution in [0.3, 0.4) is 0 Å². The zero-order valence-electron chi connectivity index (χ0n) is 9.88. The van der Waals surface area contributed by atoms with Crippen LogP contribution in [-0.4, -0.2) is 11.7 Å². The summed E-state index contributed by atoms with van der Waals surface area (Å²) in [6.45, 7) is 6.49. The standard InChI is InChI=1S/C12H17N3O/c1-12(2,3)10-6-4-9(5-7-10)11(16)8-14-15-13/h4-7,11,16H,8H2,1-3H3. The third kappa shape index (κ3) is 3.26. The SMILES string of the molecule is CC(C)(C)c1ccc(C(O)CN=[N+]=[N-])cc1. The fourth-order valence-electron chi connectivity index (χ4n) is 1.42. The summed E-state index contributed by atoms with van der Waals surface area (Å²) in [6.07, 6.45) is -0.718. The summed E-state index contributed by atoms with van der Waals surface area (Å²) < 4.78 is 0. The molecule has 0 saturated heterocycles. The van der Waals surface area contributed by atoms with Crippen molar-refractivity contribution in [2.45, 2.75) is 32.3 Å². The van der Waals surface area contributed by atoms with Crippen molar-refractivity contribution in [2.24, 2.45) is 5.11 Å². The quantitative estimate of drug-likeness (QED) is 0.473. The lowest BCUT2D eigenvalue weighted by molar-refractivity contribution is 0.186. The molecular weight excluding hydrogens is 202 g/mol. The van der Waals surface area contributed by atoms with Gasteiger partial charge in [0.15, 0.2) is 0 Å². The van der Waals surface area contributed by atoms with Crippen molar-refractivity contribution in [3.63, 3.8) is 0 Å². The smallest absolute Gasteiger partial charge is 0.0846 e. The lowest BCUT2D eigenvalue weighted by Gasteiger charge is -2.19. The topological polar surface area (TPSA) is 69.0 Å². The Bertz CT molecular complexity index is 386. The van der Waals surface area contributed by atoms with Crippen LogP contribution in [0.1, 0.15) is 38.0 Å². The van der Waals surface area contributed by atoms with Crippen molar-refractivity contribution in [3.05, 3.63) is 45.8 Å². The van der Waals surface area contributed by atoms with E-state index in [0.29, 0.717) is 0 Å². The zero-order chi connectivity index (χ0) is 12.2. The molecule has 0 fully saturated rings. The zero-order valence-corrected chi connectivity index (χ0v) is 9.88. The summed E-state index contributed by atoms with van der Waals surface area (Å²) in [5.41, 5.74) is 10.3. The van der Waals surface area contributed by atoms with Crippen molar-refractivity contribution >= 4 is 0 Å². The van der Waals surface area contributed by atoms with Crippen LogP contribution in [0.25, 0.3) is 10.4 Å². The van der Waals surface area contributed by atoms with Crippen LogP contribution in [0, 0.1) is 0 Å². The molecule has 0 aliphatic carbocycles. The number of aliphatic hydroxyl groups excluding tert-OH is 1. The Kier molecular flexibility index (Phi) is 3.93. The van der Waals surface area contributed by atoms with Crippen LogP contribution in [0.2, 0.25) is 0 Å². The van der Waals surface area contributed by atoms with E-state index in [-0.39, 0.29) is 12.0 Å². The fourth-order valence-corrected chi connectivity index (χ4v) is 1.42. The summed E-state index contributed by atoms with van der Waals surface area (Å²) in [7, 11) is 0. The maximum absolute atomic E-state index is 9.68. The average molecular weight is 219 g/mol. The fraction of sp³-hybridized carbons (Fsp3) is 0.500. The molecule has 4 heteroatoms. The van der Waals surface area contributed by atoms with Gasteiger partial charge in [-0.05, 0) is 22.1 Å². The minimum Gasteiger partial charge on any atom is -0.388 e. The molecule has 0 spiro atoms. The van der Waals surface area contributed by atoms with Crippen molar-refractivity contribution < 1.29 is 5.11 Å². The molecule has 1 unspecified atom stereocenters. The summed E-state index contributed by atoms with van der Waals surface area (Å²) in [4.78, 5) is 2.62. The number of azide groups is 1. The minimum absolute atomic E-state index is 0.0748. The van der Waals surface area contributed by atoms with E-state index in [1.807, 2.05) is 24.3 Å². The van der Waals surface area contributed by atoms with Crippen LogP contribution in [-0.2, 0) is 5.41 Å². The van der Waals surface area contributed by atoms with Gasteiger partial charge in [-0.15, -0.1) is 0 Å². The molecule has 0 amide bonds. The molecule has 0 aliphatic rings. The molecule has 86 valence electrons. The highest BCUT2D eigenvalue weighted by Crippen LogP contribution is 2.23. The van der Waals surface area contributed by atoms with E-state index in [2.05, 4.69) is 30.8 Å². The van der Waals surface area contributed by atoms with Crippen molar-refractivity contribution in [3.8, 4) is 0 Å². The molecule has 0 heterocycles. The Morgan fingerprint density at radius 3 is 2.31 bits per heavy atom. The van der Waals surface area contributed by atoms with E-state index in [1.165, 1.54) is 5.56 Å². The van der Waals surface area contributed by atoms with Gasteiger partial charge in [-0.3, -0.25) is 0 Å². The number of hydrogen-bond acceptors (Lipinski definition) is 2. The monoisotopic (exact) mass is 219 g/mol. The van der Waals surface area contributed by atoms with E-state index in [0.717, 1.165) is 5.56 Å². The van der Waals surface area contributed by atoms with Gasteiger partial charge in [0.1, 0.15) is 0 Å². The van der Waals surface area contributed by atoms with Gasteiger partial charge < -0.3 is 5.11 Å². The molecule has 1 N–H and O–H groups in total. The molecule has 0 aliphatic heterocycles. The molecule has 1 rings (SSSR count). The first-order valence-electron chi connectivity index (χ1n) is 5.24. The Morgan fingerprint density at radius 2 is 1.88 bits per heavy atom. The highest BCUT2D eigenvalue weighted by atomic mass is 16.3. The molecule has 4 nitrogen and oxygen atoms in total. The summed E-state index contributed by atoms with van der Waals surface area (Å²) in [5, 5.41) is 13.0. The van der Waals surface area contributed by atoms with E-state index < -0.39 is 6.10 Å². The Morgan fingerprint density at radius 1 is 1.31 bits per heavy atom. The normalized spacial score (nSPS) is 13.0. The van der Waals surface area contributed by atoms with Gasteiger partial charge in [0.25, 0.3) is 0 Å². The highest BCUT2D eigenvalue weighted by molar-refractivity contribution is 5.28. The second-order valence-electron chi connectivity index (χ2n) is 4.80. The van der Waals surface area contributed by atoms with Crippen molar-refractivity contribution in [2.75, 3.05) is 6.54 Å². The Balaban J connectivity index is 2.82. The second kappa shape index (κ2) is 5.01. The lowest BCUT2D eigenvalue weighted by Crippen LogP contribution is -2.11. The van der Waals surface area contributed by atoms with E-state index >= 15 is 0 Å². The Labute approximate surface area is 95.5 Å². The first kappa shape index (κ1) is 12.6. The van der Waals surface area contributed by atoms with E-state index in [9.17, 15) is 5.11 Å². The van der Waals surface area contributed by atoms with Crippen LogP contribution in [0.4, 0.5) is 0 Å². The van der Waals surface area contributed by atoms with Crippen LogP contribution < -0.4 is 0 Å². The van der Waals surface area contributed by atoms with Gasteiger partial charge >= 0.3 is 0 Å². The van der Waals surface area contributed by atoms with E-state index in [1.54, 1.807) is 0 Å². The molecular formula is C12H17N3O. The van der Waals surface area contributed by atoms with Gasteiger partial charge in [-0.25, -0.2) is 0 Å². The minimum atomic E-state index is -0.718. The lowest BCUT2D eigenvalue weighted by atomic mass is 9.86. The summed E-state index contributed by atoms with van der Waals surface area (Å²) >= 11 is 0. The number of rotatable bonds is 3. The molecule has 1 atom stereocenters. The predicted octanol–water partition coefficient (Wildman–Crippen LogP) is 3.33. The summed E-state index contributed by atoms with van der Waals surface area (Å²) in [6, 6.07) is 7.74. The molecule has 1 aromatic carbocycles. The maximum Gasteiger partial charge on any atom is 0.0846 e. The number of hydrogen-bond donors (Lipinski definition) is 1. The molecule has 0 radical (unpaired) electrons. The number of aliphatic hydroxyl groups is 1. The average Bonchev–Trinajstić information content (AvgIpc) is 2.25. The van der Waals surface area contributed by atoms with Crippen LogP contribution in [0.5, 0.6) is 0 Å². The maximum atomic E-state index is 9.68. The first-order chi connectivity index (χ1) is 7.45. The molecule has 0 aromatic heterocycles. The molecule has 0 saturated carbocycles. The van der Waals surface area contributed by atoms with Gasteiger partial charge in [0.2, 0.25) is 0 Å². The second-order valence-corrected chi connectivity index (χ2v) is 4.80. The number of nitrogens with zero attached hydrogens (tertiary/aromatic N) is 3. The predicted molar refractivity (Wildman–Crippen MR) is 64.1 cm³/mol. The van der Waals surface area contributed by atoms with Crippen LogP contribution in [0.15, 0.2) is 29.4 Å². The largest absolute Gasteiger partial charge is 0.388 e. The van der Waals surface area contributed by atoms with Gasteiger partial charge in [-0.1, -0.05) is 50.2 Å². The third-order valence-electron chi connectivity index (χ3n) is 2.48.